The molecule has 0 N–H and O–H groups in total. The van der Waals surface area contributed by atoms with Gasteiger partial charge in [0, 0.05) is 18.8 Å². The van der Waals surface area contributed by atoms with Gasteiger partial charge >= 0.3 is 6.61 Å². The van der Waals surface area contributed by atoms with Crippen LogP contribution in [0.25, 0.3) is 0 Å². The molecule has 0 bridgehead atoms. The van der Waals surface area contributed by atoms with Crippen LogP contribution in [0, 0.1) is 6.92 Å². The zero-order valence-corrected chi connectivity index (χ0v) is 13.4. The molecule has 5 nitrogen and oxygen atoms in total. The molecule has 0 saturated heterocycles. The predicted molar refractivity (Wildman–Crippen MR) is 82.3 cm³/mol. The maximum absolute atomic E-state index is 12.8. The van der Waals surface area contributed by atoms with E-state index in [1.54, 1.807) is 32.2 Å². The van der Waals surface area contributed by atoms with Gasteiger partial charge in [0.2, 0.25) is 0 Å². The van der Waals surface area contributed by atoms with Crippen LogP contribution in [0.15, 0.2) is 47.5 Å². The Morgan fingerprint density at radius 1 is 1.26 bits per heavy atom. The van der Waals surface area contributed by atoms with Crippen molar-refractivity contribution in [3.05, 3.63) is 48.3 Å². The molecule has 0 fully saturated rings. The van der Waals surface area contributed by atoms with Gasteiger partial charge in [-0.3, -0.25) is 9.29 Å². The van der Waals surface area contributed by atoms with Gasteiger partial charge < -0.3 is 4.74 Å². The number of rotatable bonds is 6. The summed E-state index contributed by atoms with van der Waals surface area (Å²) in [7, 11) is -3.92. The fourth-order valence-corrected chi connectivity index (χ4v) is 3.71. The molecule has 0 spiro atoms. The number of nitrogens with zero attached hydrogens (tertiary/aromatic N) is 2. The highest BCUT2D eigenvalue weighted by atomic mass is 32.2. The van der Waals surface area contributed by atoms with E-state index in [4.69, 9.17) is 0 Å². The van der Waals surface area contributed by atoms with Gasteiger partial charge in [-0.15, -0.1) is 0 Å². The maximum atomic E-state index is 12.8. The molecule has 1 heterocycles. The van der Waals surface area contributed by atoms with Crippen LogP contribution in [0.3, 0.4) is 0 Å². The van der Waals surface area contributed by atoms with Crippen LogP contribution in [0.4, 0.5) is 14.5 Å². The van der Waals surface area contributed by atoms with Gasteiger partial charge in [0.05, 0.1) is 16.3 Å². The van der Waals surface area contributed by atoms with Gasteiger partial charge in [-0.2, -0.15) is 8.78 Å². The molecule has 0 saturated carbocycles. The summed E-state index contributed by atoms with van der Waals surface area (Å²) in [4.78, 5) is 3.96. The van der Waals surface area contributed by atoms with Crippen molar-refractivity contribution < 1.29 is 21.9 Å². The topological polar surface area (TPSA) is 59.5 Å². The first kappa shape index (κ1) is 17.1. The van der Waals surface area contributed by atoms with Crippen LogP contribution < -0.4 is 9.04 Å². The average molecular weight is 342 g/mol. The highest BCUT2D eigenvalue weighted by molar-refractivity contribution is 7.92. The Labute approximate surface area is 133 Å². The monoisotopic (exact) mass is 342 g/mol. The lowest BCUT2D eigenvalue weighted by molar-refractivity contribution is -0.0499. The Hall–Kier alpha value is -2.22. The number of hydrogen-bond donors (Lipinski definition) is 0. The summed E-state index contributed by atoms with van der Waals surface area (Å²) in [5.74, 6) is -0.208. The quantitative estimate of drug-likeness (QED) is 0.809. The molecule has 23 heavy (non-hydrogen) atoms. The standard InChI is InChI=1S/C15H16F2N2O3S/c1-3-19(14-8-5-9-18-11(14)2)23(20,21)13-7-4-6-12(10-13)22-15(16)17/h4-10,15H,3H2,1-2H3. The predicted octanol–water partition coefficient (Wildman–Crippen LogP) is 3.21. The summed E-state index contributed by atoms with van der Waals surface area (Å²) in [6.45, 7) is 0.540. The summed E-state index contributed by atoms with van der Waals surface area (Å²) in [6, 6.07) is 8.32. The minimum atomic E-state index is -3.92. The molecule has 2 aromatic rings. The number of benzene rings is 1. The molecule has 1 aromatic heterocycles. The second-order valence-corrected chi connectivity index (χ2v) is 6.49. The SMILES string of the molecule is CCN(c1cccnc1C)S(=O)(=O)c1cccc(OC(F)F)c1. The van der Waals surface area contributed by atoms with Gasteiger partial charge in [0.25, 0.3) is 10.0 Å². The fourth-order valence-electron chi connectivity index (χ4n) is 2.15. The van der Waals surface area contributed by atoms with Gasteiger partial charge in [0.15, 0.2) is 0 Å². The molecule has 124 valence electrons. The highest BCUT2D eigenvalue weighted by Gasteiger charge is 2.25. The molecule has 8 heteroatoms. The maximum Gasteiger partial charge on any atom is 0.387 e. The van der Waals surface area contributed by atoms with E-state index in [1.165, 1.54) is 22.5 Å². The molecule has 0 radical (unpaired) electrons. The Morgan fingerprint density at radius 2 is 2.00 bits per heavy atom. The molecule has 0 aliphatic carbocycles. The second kappa shape index (κ2) is 6.91. The van der Waals surface area contributed by atoms with Crippen molar-refractivity contribution in [2.24, 2.45) is 0 Å². The summed E-state index contributed by atoms with van der Waals surface area (Å²) in [5, 5.41) is 0. The van der Waals surface area contributed by atoms with Crippen LogP contribution >= 0.6 is 0 Å². The highest BCUT2D eigenvalue weighted by Crippen LogP contribution is 2.27. The normalized spacial score (nSPS) is 11.5. The molecular weight excluding hydrogens is 326 g/mol. The molecular formula is C15H16F2N2O3S. The summed E-state index contributed by atoms with van der Waals surface area (Å²) in [5.41, 5.74) is 0.994. The summed E-state index contributed by atoms with van der Waals surface area (Å²) >= 11 is 0. The second-order valence-electron chi connectivity index (χ2n) is 4.63. The molecule has 2 rings (SSSR count). The first-order valence-corrected chi connectivity index (χ1v) is 8.29. The number of halogens is 2. The molecule has 0 aliphatic rings. The van der Waals surface area contributed by atoms with Crippen molar-refractivity contribution >= 4 is 15.7 Å². The van der Waals surface area contributed by atoms with Crippen molar-refractivity contribution in [1.29, 1.82) is 0 Å². The number of pyridine rings is 1. The van der Waals surface area contributed by atoms with Gasteiger partial charge in [0.1, 0.15) is 5.75 Å². The third kappa shape index (κ3) is 3.76. The molecule has 0 atom stereocenters. The largest absolute Gasteiger partial charge is 0.435 e. The van der Waals surface area contributed by atoms with E-state index in [9.17, 15) is 17.2 Å². The zero-order valence-electron chi connectivity index (χ0n) is 12.6. The van der Waals surface area contributed by atoms with Gasteiger partial charge in [-0.1, -0.05) is 6.07 Å². The van der Waals surface area contributed by atoms with E-state index in [0.29, 0.717) is 11.4 Å². The van der Waals surface area contributed by atoms with Crippen LogP contribution in [0.2, 0.25) is 0 Å². The Bertz CT molecular complexity index is 782. The minimum Gasteiger partial charge on any atom is -0.435 e. The summed E-state index contributed by atoms with van der Waals surface area (Å²) < 4.78 is 55.7. The smallest absolute Gasteiger partial charge is 0.387 e. The number of aromatic nitrogens is 1. The number of aryl methyl sites for hydroxylation is 1. The lowest BCUT2D eigenvalue weighted by Crippen LogP contribution is -2.31. The van der Waals surface area contributed by atoms with Gasteiger partial charge in [-0.05, 0) is 38.1 Å². The Kier molecular flexibility index (Phi) is 5.15. The van der Waals surface area contributed by atoms with Crippen LogP contribution in [-0.4, -0.2) is 26.6 Å². The summed E-state index contributed by atoms with van der Waals surface area (Å²) in [6.07, 6.45) is 1.57. The third-order valence-corrected chi connectivity index (χ3v) is 5.04. The van der Waals surface area contributed by atoms with Crippen molar-refractivity contribution in [3.63, 3.8) is 0 Å². The van der Waals surface area contributed by atoms with E-state index in [0.717, 1.165) is 6.07 Å². The van der Waals surface area contributed by atoms with Crippen molar-refractivity contribution in [2.75, 3.05) is 10.8 Å². The third-order valence-electron chi connectivity index (χ3n) is 3.15. The van der Waals surface area contributed by atoms with Crippen LogP contribution in [0.1, 0.15) is 12.6 Å². The van der Waals surface area contributed by atoms with Gasteiger partial charge in [-0.25, -0.2) is 8.42 Å². The zero-order chi connectivity index (χ0) is 17.0. The first-order valence-electron chi connectivity index (χ1n) is 6.85. The Morgan fingerprint density at radius 3 is 2.61 bits per heavy atom. The number of hydrogen-bond acceptors (Lipinski definition) is 4. The Balaban J connectivity index is 2.46. The fraction of sp³-hybridized carbons (Fsp3) is 0.267. The lowest BCUT2D eigenvalue weighted by atomic mass is 10.3. The number of ether oxygens (including phenoxy) is 1. The van der Waals surface area contributed by atoms with Crippen molar-refractivity contribution in [1.82, 2.24) is 4.98 Å². The lowest BCUT2D eigenvalue weighted by Gasteiger charge is -2.24. The average Bonchev–Trinajstić information content (AvgIpc) is 2.49. The van der Waals surface area contributed by atoms with E-state index in [2.05, 4.69) is 9.72 Å². The van der Waals surface area contributed by atoms with Crippen LogP contribution in [0.5, 0.6) is 5.75 Å². The van der Waals surface area contributed by atoms with E-state index in [1.807, 2.05) is 0 Å². The number of alkyl halides is 2. The van der Waals surface area contributed by atoms with Crippen molar-refractivity contribution in [2.45, 2.75) is 25.4 Å². The van der Waals surface area contributed by atoms with E-state index < -0.39 is 16.6 Å². The molecule has 0 amide bonds. The first-order chi connectivity index (χ1) is 10.9. The molecule has 0 aliphatic heterocycles. The molecule has 0 unspecified atom stereocenters. The number of anilines is 1. The van der Waals surface area contributed by atoms with E-state index >= 15 is 0 Å². The number of sulfonamides is 1. The van der Waals surface area contributed by atoms with Crippen molar-refractivity contribution in [3.8, 4) is 5.75 Å². The molecule has 1 aromatic carbocycles. The van der Waals surface area contributed by atoms with Crippen LogP contribution in [-0.2, 0) is 10.0 Å². The van der Waals surface area contributed by atoms with E-state index in [-0.39, 0.29) is 17.2 Å². The minimum absolute atomic E-state index is 0.124.